The molecule has 0 saturated carbocycles. The van der Waals surface area contributed by atoms with Gasteiger partial charge < -0.3 is 23.8 Å². The van der Waals surface area contributed by atoms with Crippen LogP contribution in [-0.2, 0) is 22.6 Å². The molecule has 2 aliphatic rings. The number of halogens is 1. The van der Waals surface area contributed by atoms with E-state index in [1.807, 2.05) is 29.2 Å². The van der Waals surface area contributed by atoms with E-state index in [1.165, 1.54) is 13.2 Å². The van der Waals surface area contributed by atoms with Crippen molar-refractivity contribution in [3.8, 4) is 17.2 Å². The van der Waals surface area contributed by atoms with Gasteiger partial charge in [0.05, 0.1) is 26.9 Å². The first-order chi connectivity index (χ1) is 16.9. The lowest BCUT2D eigenvalue weighted by Gasteiger charge is -2.35. The predicted molar refractivity (Wildman–Crippen MR) is 130 cm³/mol. The third kappa shape index (κ3) is 6.44. The average molecular weight is 487 g/mol. The van der Waals surface area contributed by atoms with Crippen LogP contribution in [0.2, 0.25) is 0 Å². The molecule has 0 aromatic heterocycles. The van der Waals surface area contributed by atoms with Crippen LogP contribution in [0, 0.1) is 11.7 Å². The second-order valence-corrected chi connectivity index (χ2v) is 9.47. The summed E-state index contributed by atoms with van der Waals surface area (Å²) >= 11 is 0. The topological polar surface area (TPSA) is 60.5 Å². The zero-order valence-electron chi connectivity index (χ0n) is 20.8. The van der Waals surface area contributed by atoms with Crippen LogP contribution in [0.5, 0.6) is 17.2 Å². The minimum Gasteiger partial charge on any atom is -0.493 e. The van der Waals surface area contributed by atoms with Gasteiger partial charge in [0.15, 0.2) is 23.1 Å². The Labute approximate surface area is 206 Å². The number of carbonyl (C=O) groups excluding carboxylic acids is 1. The Hall–Kier alpha value is -2.84. The molecule has 190 valence electrons. The summed E-state index contributed by atoms with van der Waals surface area (Å²) in [6.07, 6.45) is 0.265. The van der Waals surface area contributed by atoms with Crippen LogP contribution >= 0.6 is 0 Å². The van der Waals surface area contributed by atoms with Gasteiger partial charge in [0.25, 0.3) is 5.91 Å². The molecule has 2 heterocycles. The Morgan fingerprint density at radius 1 is 1.17 bits per heavy atom. The second kappa shape index (κ2) is 11.7. The van der Waals surface area contributed by atoms with Gasteiger partial charge >= 0.3 is 0 Å². The highest BCUT2D eigenvalue weighted by Crippen LogP contribution is 2.31. The second-order valence-electron chi connectivity index (χ2n) is 9.47. The number of hydrogen-bond acceptors (Lipinski definition) is 6. The summed E-state index contributed by atoms with van der Waals surface area (Å²) in [7, 11) is 1.47. The molecule has 1 amide bonds. The molecule has 0 aliphatic carbocycles. The minimum absolute atomic E-state index is 0.0401. The summed E-state index contributed by atoms with van der Waals surface area (Å²) in [5, 5.41) is 0. The van der Waals surface area contributed by atoms with Gasteiger partial charge in [0.1, 0.15) is 6.10 Å². The molecule has 1 fully saturated rings. The molecule has 8 heteroatoms. The summed E-state index contributed by atoms with van der Waals surface area (Å²) in [4.78, 5) is 17.6. The molecule has 0 radical (unpaired) electrons. The SMILES string of the molecule is COc1c(F)cccc1CN1CCOC(C(=O)N(Cc2ccc3c(c2)OCCCO3)CC(C)C)C1. The van der Waals surface area contributed by atoms with E-state index in [2.05, 4.69) is 18.7 Å². The number of benzene rings is 2. The van der Waals surface area contributed by atoms with E-state index >= 15 is 0 Å². The maximum absolute atomic E-state index is 14.1. The van der Waals surface area contributed by atoms with Gasteiger partial charge in [-0.25, -0.2) is 4.39 Å². The maximum atomic E-state index is 14.1. The fourth-order valence-corrected chi connectivity index (χ4v) is 4.55. The van der Waals surface area contributed by atoms with Gasteiger partial charge in [-0.2, -0.15) is 0 Å². The van der Waals surface area contributed by atoms with Crippen molar-refractivity contribution in [2.45, 2.75) is 39.5 Å². The minimum atomic E-state index is -0.581. The first kappa shape index (κ1) is 25.3. The van der Waals surface area contributed by atoms with Crippen LogP contribution in [0.4, 0.5) is 4.39 Å². The van der Waals surface area contributed by atoms with E-state index < -0.39 is 6.10 Å². The maximum Gasteiger partial charge on any atom is 0.253 e. The van der Waals surface area contributed by atoms with Gasteiger partial charge in [-0.15, -0.1) is 0 Å². The van der Waals surface area contributed by atoms with Crippen LogP contribution in [0.3, 0.4) is 0 Å². The molecule has 35 heavy (non-hydrogen) atoms. The van der Waals surface area contributed by atoms with E-state index in [-0.39, 0.29) is 17.5 Å². The summed E-state index contributed by atoms with van der Waals surface area (Å²) < 4.78 is 36.9. The summed E-state index contributed by atoms with van der Waals surface area (Å²) in [5.74, 6) is 1.59. The standard InChI is InChI=1S/C27H35FN2O5/c1-19(2)15-30(16-20-8-9-23-24(14-20)34-12-5-11-33-23)27(31)25-18-29(10-13-35-25)17-21-6-4-7-22(28)26(21)32-3/h4,6-9,14,19,25H,5,10-13,15-18H2,1-3H3. The Morgan fingerprint density at radius 3 is 2.74 bits per heavy atom. The Bertz CT molecular complexity index is 1020. The van der Waals surface area contributed by atoms with Gasteiger partial charge in [-0.3, -0.25) is 9.69 Å². The smallest absolute Gasteiger partial charge is 0.253 e. The number of methoxy groups -OCH3 is 1. The van der Waals surface area contributed by atoms with Crippen molar-refractivity contribution in [2.24, 2.45) is 5.92 Å². The average Bonchev–Trinajstić information content (AvgIpc) is 3.08. The summed E-state index contributed by atoms with van der Waals surface area (Å²) in [6, 6.07) is 10.8. The molecule has 0 spiro atoms. The Balaban J connectivity index is 1.45. The monoisotopic (exact) mass is 486 g/mol. The fraction of sp³-hybridized carbons (Fsp3) is 0.519. The number of para-hydroxylation sites is 1. The van der Waals surface area contributed by atoms with E-state index in [0.29, 0.717) is 58.5 Å². The summed E-state index contributed by atoms with van der Waals surface area (Å²) in [6.45, 7) is 8.55. The molecule has 1 atom stereocenters. The molecule has 2 aromatic carbocycles. The van der Waals surface area contributed by atoms with Crippen molar-refractivity contribution in [1.82, 2.24) is 9.80 Å². The number of fused-ring (bicyclic) bond motifs is 1. The highest BCUT2D eigenvalue weighted by Gasteiger charge is 2.31. The molecule has 0 N–H and O–H groups in total. The lowest BCUT2D eigenvalue weighted by atomic mass is 10.1. The number of rotatable bonds is 8. The normalized spacial score (nSPS) is 18.3. The third-order valence-corrected chi connectivity index (χ3v) is 6.16. The van der Waals surface area contributed by atoms with Gasteiger partial charge in [0.2, 0.25) is 0 Å². The number of carbonyl (C=O) groups is 1. The number of nitrogens with zero attached hydrogens (tertiary/aromatic N) is 2. The molecule has 1 unspecified atom stereocenters. The highest BCUT2D eigenvalue weighted by atomic mass is 19.1. The highest BCUT2D eigenvalue weighted by molar-refractivity contribution is 5.81. The lowest BCUT2D eigenvalue weighted by molar-refractivity contribution is -0.151. The molecule has 4 rings (SSSR count). The third-order valence-electron chi connectivity index (χ3n) is 6.16. The zero-order valence-corrected chi connectivity index (χ0v) is 20.8. The molecule has 1 saturated heterocycles. The molecule has 2 aliphatic heterocycles. The first-order valence-electron chi connectivity index (χ1n) is 12.3. The zero-order chi connectivity index (χ0) is 24.8. The summed E-state index contributed by atoms with van der Waals surface area (Å²) in [5.41, 5.74) is 1.74. The number of morpholine rings is 1. The van der Waals surface area contributed by atoms with Crippen molar-refractivity contribution in [2.75, 3.05) is 46.6 Å². The molecule has 7 nitrogen and oxygen atoms in total. The quantitative estimate of drug-likeness (QED) is 0.565. The van der Waals surface area contributed by atoms with Crippen molar-refractivity contribution in [1.29, 1.82) is 0 Å². The van der Waals surface area contributed by atoms with Crippen molar-refractivity contribution < 1.29 is 28.1 Å². The predicted octanol–water partition coefficient (Wildman–Crippen LogP) is 3.88. The van der Waals surface area contributed by atoms with Crippen LogP contribution < -0.4 is 14.2 Å². The van der Waals surface area contributed by atoms with Crippen molar-refractivity contribution >= 4 is 5.91 Å². The van der Waals surface area contributed by atoms with Crippen LogP contribution in [0.1, 0.15) is 31.4 Å². The number of hydrogen-bond donors (Lipinski definition) is 0. The van der Waals surface area contributed by atoms with E-state index in [0.717, 1.165) is 29.0 Å². The first-order valence-corrected chi connectivity index (χ1v) is 12.3. The van der Waals surface area contributed by atoms with E-state index in [9.17, 15) is 9.18 Å². The van der Waals surface area contributed by atoms with Gasteiger partial charge in [-0.1, -0.05) is 32.0 Å². The van der Waals surface area contributed by atoms with Crippen LogP contribution in [-0.4, -0.2) is 68.4 Å². The van der Waals surface area contributed by atoms with Crippen molar-refractivity contribution in [3.05, 3.63) is 53.3 Å². The fourth-order valence-electron chi connectivity index (χ4n) is 4.55. The molecular formula is C27H35FN2O5. The Morgan fingerprint density at radius 2 is 1.97 bits per heavy atom. The number of amides is 1. The molecule has 0 bridgehead atoms. The van der Waals surface area contributed by atoms with Gasteiger partial charge in [0, 0.05) is 44.7 Å². The van der Waals surface area contributed by atoms with Gasteiger partial charge in [-0.05, 0) is 29.7 Å². The largest absolute Gasteiger partial charge is 0.493 e. The number of ether oxygens (including phenoxy) is 4. The van der Waals surface area contributed by atoms with Crippen molar-refractivity contribution in [3.63, 3.8) is 0 Å². The molecule has 2 aromatic rings. The van der Waals surface area contributed by atoms with Crippen LogP contribution in [0.25, 0.3) is 0 Å². The lowest BCUT2D eigenvalue weighted by Crippen LogP contribution is -2.51. The Kier molecular flexibility index (Phi) is 8.46. The van der Waals surface area contributed by atoms with E-state index in [1.54, 1.807) is 6.07 Å². The van der Waals surface area contributed by atoms with Crippen LogP contribution in [0.15, 0.2) is 36.4 Å². The van der Waals surface area contributed by atoms with E-state index in [4.69, 9.17) is 18.9 Å². The molecular weight excluding hydrogens is 451 g/mol.